The Bertz CT molecular complexity index is 1120. The van der Waals surface area contributed by atoms with E-state index >= 15 is 0 Å². The van der Waals surface area contributed by atoms with Crippen LogP contribution in [-0.2, 0) is 6.54 Å². The number of hydrogen-bond acceptors (Lipinski definition) is 10. The Labute approximate surface area is 182 Å². The van der Waals surface area contributed by atoms with Crippen LogP contribution < -0.4 is 20.7 Å². The van der Waals surface area contributed by atoms with Crippen molar-refractivity contribution in [1.29, 1.82) is 0 Å². The molecule has 1 saturated carbocycles. The third kappa shape index (κ3) is 4.78. The smallest absolute Gasteiger partial charge is 0.394 e. The fraction of sp³-hybridized carbons (Fsp3) is 0.316. The minimum atomic E-state index is -0.881. The van der Waals surface area contributed by atoms with Crippen LogP contribution in [0.2, 0.25) is 0 Å². The summed E-state index contributed by atoms with van der Waals surface area (Å²) in [6, 6.07) is 0. The molecule has 0 unspecified atom stereocenters. The van der Waals surface area contributed by atoms with Crippen molar-refractivity contribution in [3.05, 3.63) is 42.5 Å². The third-order valence-electron chi connectivity index (χ3n) is 4.60. The van der Waals surface area contributed by atoms with Gasteiger partial charge >= 0.3 is 6.09 Å². The van der Waals surface area contributed by atoms with E-state index in [9.17, 15) is 14.7 Å². The molecule has 2 amide bonds. The molecule has 4 rings (SSSR count). The number of aliphatic hydroxyl groups excluding tert-OH is 1. The average molecular weight is 439 g/mol. The van der Waals surface area contributed by atoms with Crippen molar-refractivity contribution in [2.24, 2.45) is 0 Å². The Balaban J connectivity index is 1.56. The standard InChI is InChI=1S/C19H21N9O4/c1-20-17(30)15-14(9-24-28(15)4-5-29)27-19(31)32-18-16(25-12-6-21-10-22-7-12)23-8-13(26-18)11-2-3-11/h6-11,29H,2-5H2,1H3,(H,20,30)(H,23,25)(H,27,31). The van der Waals surface area contributed by atoms with Gasteiger partial charge in [0.2, 0.25) is 0 Å². The minimum absolute atomic E-state index is 0.0278. The van der Waals surface area contributed by atoms with Gasteiger partial charge in [-0.3, -0.25) is 14.8 Å². The Morgan fingerprint density at radius 2 is 2.00 bits per heavy atom. The molecule has 166 valence electrons. The van der Waals surface area contributed by atoms with E-state index in [1.54, 1.807) is 18.6 Å². The summed E-state index contributed by atoms with van der Waals surface area (Å²) in [4.78, 5) is 41.5. The largest absolute Gasteiger partial charge is 0.418 e. The van der Waals surface area contributed by atoms with Crippen molar-refractivity contribution < 1.29 is 19.4 Å². The number of hydrogen-bond donors (Lipinski definition) is 4. The monoisotopic (exact) mass is 439 g/mol. The normalized spacial score (nSPS) is 12.8. The maximum Gasteiger partial charge on any atom is 0.418 e. The Hall–Kier alpha value is -4.13. The van der Waals surface area contributed by atoms with E-state index < -0.39 is 12.0 Å². The number of amides is 2. The van der Waals surface area contributed by atoms with Crippen molar-refractivity contribution in [2.75, 3.05) is 24.3 Å². The highest BCUT2D eigenvalue weighted by atomic mass is 16.6. The molecule has 4 N–H and O–H groups in total. The average Bonchev–Trinajstić information content (AvgIpc) is 3.58. The van der Waals surface area contributed by atoms with Crippen molar-refractivity contribution in [2.45, 2.75) is 25.3 Å². The molecule has 3 heterocycles. The van der Waals surface area contributed by atoms with Gasteiger partial charge in [-0.25, -0.2) is 24.7 Å². The Morgan fingerprint density at radius 1 is 1.22 bits per heavy atom. The maximum absolute atomic E-state index is 12.6. The van der Waals surface area contributed by atoms with Crippen LogP contribution in [0.15, 0.2) is 31.1 Å². The summed E-state index contributed by atoms with van der Waals surface area (Å²) in [6.07, 6.45) is 8.52. The summed E-state index contributed by atoms with van der Waals surface area (Å²) in [5.74, 6) is -0.00589. The molecule has 0 saturated heterocycles. The molecular weight excluding hydrogens is 418 g/mol. The summed E-state index contributed by atoms with van der Waals surface area (Å²) in [7, 11) is 1.45. The molecule has 1 aliphatic rings. The van der Waals surface area contributed by atoms with Crippen LogP contribution in [-0.4, -0.2) is 60.5 Å². The van der Waals surface area contributed by atoms with E-state index in [2.05, 4.69) is 41.0 Å². The molecule has 0 atom stereocenters. The second-order valence-electron chi connectivity index (χ2n) is 6.92. The molecule has 0 bridgehead atoms. The topological polar surface area (TPSA) is 169 Å². The fourth-order valence-corrected chi connectivity index (χ4v) is 2.94. The summed E-state index contributed by atoms with van der Waals surface area (Å²) in [5.41, 5.74) is 1.47. The quantitative estimate of drug-likeness (QED) is 0.398. The second-order valence-corrected chi connectivity index (χ2v) is 6.92. The van der Waals surface area contributed by atoms with Gasteiger partial charge in [-0.05, 0) is 12.8 Å². The van der Waals surface area contributed by atoms with Crippen molar-refractivity contribution in [1.82, 2.24) is 35.0 Å². The van der Waals surface area contributed by atoms with E-state index in [0.29, 0.717) is 11.6 Å². The molecule has 3 aromatic heterocycles. The first-order chi connectivity index (χ1) is 15.6. The van der Waals surface area contributed by atoms with Gasteiger partial charge in [0.05, 0.1) is 55.0 Å². The van der Waals surface area contributed by atoms with Crippen LogP contribution in [0.3, 0.4) is 0 Å². The van der Waals surface area contributed by atoms with Crippen LogP contribution in [0.1, 0.15) is 34.9 Å². The fourth-order valence-electron chi connectivity index (χ4n) is 2.94. The lowest BCUT2D eigenvalue weighted by atomic mass is 10.3. The number of ether oxygens (including phenoxy) is 1. The van der Waals surface area contributed by atoms with Gasteiger partial charge in [0.15, 0.2) is 5.82 Å². The number of nitrogens with one attached hydrogen (secondary N) is 3. The summed E-state index contributed by atoms with van der Waals surface area (Å²) < 4.78 is 6.71. The molecule has 13 nitrogen and oxygen atoms in total. The first-order valence-corrected chi connectivity index (χ1v) is 9.85. The zero-order chi connectivity index (χ0) is 22.5. The molecule has 3 aromatic rings. The van der Waals surface area contributed by atoms with Crippen molar-refractivity contribution in [3.8, 4) is 5.88 Å². The maximum atomic E-state index is 12.6. The molecule has 0 aliphatic heterocycles. The molecule has 0 aromatic carbocycles. The van der Waals surface area contributed by atoms with Gasteiger partial charge in [0.1, 0.15) is 12.0 Å². The molecule has 1 fully saturated rings. The molecule has 13 heteroatoms. The summed E-state index contributed by atoms with van der Waals surface area (Å²) >= 11 is 0. The van der Waals surface area contributed by atoms with Crippen LogP contribution in [0.4, 0.5) is 22.0 Å². The highest BCUT2D eigenvalue weighted by Crippen LogP contribution is 2.40. The number of rotatable bonds is 8. The number of carbonyl (C=O) groups is 2. The van der Waals surface area contributed by atoms with E-state index in [4.69, 9.17) is 4.74 Å². The van der Waals surface area contributed by atoms with Crippen LogP contribution in [0, 0.1) is 0 Å². The van der Waals surface area contributed by atoms with Crippen LogP contribution in [0.5, 0.6) is 5.88 Å². The van der Waals surface area contributed by atoms with E-state index in [-0.39, 0.29) is 36.2 Å². The Morgan fingerprint density at radius 3 is 2.69 bits per heavy atom. The number of aromatic nitrogens is 6. The molecule has 1 aliphatic carbocycles. The highest BCUT2D eigenvalue weighted by Gasteiger charge is 2.27. The zero-order valence-corrected chi connectivity index (χ0v) is 17.1. The SMILES string of the molecule is CNC(=O)c1c(NC(=O)Oc2nc(C3CC3)cnc2Nc2cncnc2)cnn1CCO. The van der Waals surface area contributed by atoms with Crippen molar-refractivity contribution >= 4 is 29.2 Å². The predicted octanol–water partition coefficient (Wildman–Crippen LogP) is 1.05. The highest BCUT2D eigenvalue weighted by molar-refractivity contribution is 6.01. The molecule has 32 heavy (non-hydrogen) atoms. The van der Waals surface area contributed by atoms with Gasteiger partial charge in [-0.2, -0.15) is 5.10 Å². The Kier molecular flexibility index (Phi) is 6.17. The molecule has 0 spiro atoms. The summed E-state index contributed by atoms with van der Waals surface area (Å²) in [6.45, 7) is -0.140. The predicted molar refractivity (Wildman–Crippen MR) is 112 cm³/mol. The molecule has 0 radical (unpaired) electrons. The summed E-state index contributed by atoms with van der Waals surface area (Å²) in [5, 5.41) is 21.2. The lowest BCUT2D eigenvalue weighted by Gasteiger charge is -2.12. The van der Waals surface area contributed by atoms with E-state index in [1.165, 1.54) is 24.3 Å². The van der Waals surface area contributed by atoms with Gasteiger partial charge in [0, 0.05) is 13.0 Å². The minimum Gasteiger partial charge on any atom is -0.394 e. The lowest BCUT2D eigenvalue weighted by Crippen LogP contribution is -2.26. The van der Waals surface area contributed by atoms with E-state index in [0.717, 1.165) is 18.5 Å². The second kappa shape index (κ2) is 9.34. The third-order valence-corrected chi connectivity index (χ3v) is 4.60. The number of carbonyl (C=O) groups excluding carboxylic acids is 2. The molecular formula is C19H21N9O4. The first-order valence-electron chi connectivity index (χ1n) is 9.85. The zero-order valence-electron chi connectivity index (χ0n) is 17.1. The lowest BCUT2D eigenvalue weighted by molar-refractivity contribution is 0.0951. The van der Waals surface area contributed by atoms with Gasteiger partial charge < -0.3 is 20.5 Å². The number of anilines is 3. The van der Waals surface area contributed by atoms with Gasteiger partial charge in [-0.15, -0.1) is 0 Å². The number of nitrogens with zero attached hydrogens (tertiary/aromatic N) is 6. The number of aliphatic hydroxyl groups is 1. The van der Waals surface area contributed by atoms with Crippen molar-refractivity contribution in [3.63, 3.8) is 0 Å². The van der Waals surface area contributed by atoms with Crippen LogP contribution in [0.25, 0.3) is 0 Å². The first kappa shape index (κ1) is 21.1. The van der Waals surface area contributed by atoms with Gasteiger partial charge in [-0.1, -0.05) is 0 Å². The van der Waals surface area contributed by atoms with Gasteiger partial charge in [0.25, 0.3) is 11.8 Å². The van der Waals surface area contributed by atoms with Crippen LogP contribution >= 0.6 is 0 Å². The van der Waals surface area contributed by atoms with E-state index in [1.807, 2.05) is 0 Å².